The van der Waals surface area contributed by atoms with Crippen LogP contribution in [0.25, 0.3) is 0 Å². The monoisotopic (exact) mass is 211 g/mol. The Labute approximate surface area is 89.2 Å². The molecule has 0 spiro atoms. The van der Waals surface area contributed by atoms with Crippen molar-refractivity contribution in [3.63, 3.8) is 0 Å². The molecule has 2 nitrogen and oxygen atoms in total. The van der Waals surface area contributed by atoms with E-state index in [0.29, 0.717) is 6.04 Å². The van der Waals surface area contributed by atoms with E-state index < -0.39 is 0 Å². The lowest BCUT2D eigenvalue weighted by Gasteiger charge is -2.11. The van der Waals surface area contributed by atoms with Crippen molar-refractivity contribution in [2.24, 2.45) is 0 Å². The highest BCUT2D eigenvalue weighted by Gasteiger charge is 2.23. The number of hydrogen-bond acceptors (Lipinski definition) is 2. The number of halogens is 1. The fraction of sp³-hybridized carbons (Fsp3) is 0.455. The van der Waals surface area contributed by atoms with Crippen molar-refractivity contribution < 1.29 is 4.74 Å². The van der Waals surface area contributed by atoms with Gasteiger partial charge in [-0.25, -0.2) is 0 Å². The van der Waals surface area contributed by atoms with Crippen LogP contribution in [0.5, 0.6) is 0 Å². The Morgan fingerprint density at radius 3 is 2.71 bits per heavy atom. The van der Waals surface area contributed by atoms with E-state index in [1.54, 1.807) is 0 Å². The van der Waals surface area contributed by atoms with Gasteiger partial charge in [-0.05, 0) is 24.1 Å². The minimum absolute atomic E-state index is 0.0391. The molecule has 0 aromatic heterocycles. The highest BCUT2D eigenvalue weighted by Crippen LogP contribution is 2.22. The molecule has 1 N–H and O–H groups in total. The van der Waals surface area contributed by atoms with E-state index in [0.717, 1.165) is 23.6 Å². The lowest BCUT2D eigenvalue weighted by molar-refractivity contribution is 0.101. The maximum absolute atomic E-state index is 5.81. The van der Waals surface area contributed by atoms with Crippen LogP contribution in [0, 0.1) is 0 Å². The second-order valence-corrected chi connectivity index (χ2v) is 3.97. The summed E-state index contributed by atoms with van der Waals surface area (Å²) in [7, 11) is 0. The minimum atomic E-state index is 0.0391. The van der Waals surface area contributed by atoms with E-state index in [9.17, 15) is 0 Å². The first-order chi connectivity index (χ1) is 6.79. The molecule has 76 valence electrons. The molecular weight excluding hydrogens is 198 g/mol. The van der Waals surface area contributed by atoms with Gasteiger partial charge in [0.1, 0.15) is 6.23 Å². The largest absolute Gasteiger partial charge is 0.357 e. The molecule has 0 aliphatic carbocycles. The molecule has 1 aromatic carbocycles. The van der Waals surface area contributed by atoms with Gasteiger partial charge in [-0.2, -0.15) is 0 Å². The molecule has 1 saturated heterocycles. The smallest absolute Gasteiger partial charge is 0.134 e. The Hall–Kier alpha value is -0.570. The first kappa shape index (κ1) is 9.97. The summed E-state index contributed by atoms with van der Waals surface area (Å²) in [5.74, 6) is 0. The van der Waals surface area contributed by atoms with Gasteiger partial charge in [-0.15, -0.1) is 0 Å². The van der Waals surface area contributed by atoms with Crippen LogP contribution in [0.1, 0.15) is 25.1 Å². The summed E-state index contributed by atoms with van der Waals surface area (Å²) in [6.07, 6.45) is 1.14. The molecule has 2 atom stereocenters. The Balaban J connectivity index is 2.06. The molecule has 0 saturated carbocycles. The first-order valence-electron chi connectivity index (χ1n) is 4.92. The van der Waals surface area contributed by atoms with Crippen molar-refractivity contribution in [1.29, 1.82) is 0 Å². The van der Waals surface area contributed by atoms with Gasteiger partial charge in [0.2, 0.25) is 0 Å². The quantitative estimate of drug-likeness (QED) is 0.812. The zero-order chi connectivity index (χ0) is 9.97. The van der Waals surface area contributed by atoms with E-state index in [4.69, 9.17) is 16.3 Å². The zero-order valence-electron chi connectivity index (χ0n) is 8.16. The van der Waals surface area contributed by atoms with Crippen molar-refractivity contribution in [3.8, 4) is 0 Å². The van der Waals surface area contributed by atoms with Crippen LogP contribution in [0.4, 0.5) is 0 Å². The number of rotatable bonds is 2. The van der Waals surface area contributed by atoms with E-state index in [1.807, 2.05) is 24.3 Å². The average Bonchev–Trinajstić information content (AvgIpc) is 2.67. The van der Waals surface area contributed by atoms with Crippen LogP contribution in [0.2, 0.25) is 5.02 Å². The number of nitrogens with one attached hydrogen (secondary N) is 1. The molecule has 0 amide bonds. The SMILES string of the molecule is CC[C@H]1CO[C@@H](c2ccc(Cl)cc2)N1. The predicted octanol–water partition coefficient (Wildman–Crippen LogP) is 2.74. The van der Waals surface area contributed by atoms with Crippen LogP contribution < -0.4 is 5.32 Å². The molecule has 0 radical (unpaired) electrons. The Bertz CT molecular complexity index is 299. The van der Waals surface area contributed by atoms with Gasteiger partial charge in [0.15, 0.2) is 0 Å². The lowest BCUT2D eigenvalue weighted by atomic mass is 10.2. The summed E-state index contributed by atoms with van der Waals surface area (Å²) in [4.78, 5) is 0. The molecule has 1 heterocycles. The first-order valence-corrected chi connectivity index (χ1v) is 5.30. The van der Waals surface area contributed by atoms with Crippen molar-refractivity contribution in [1.82, 2.24) is 5.32 Å². The van der Waals surface area contributed by atoms with Gasteiger partial charge in [0, 0.05) is 11.1 Å². The van der Waals surface area contributed by atoms with Crippen molar-refractivity contribution >= 4 is 11.6 Å². The van der Waals surface area contributed by atoms with Gasteiger partial charge in [0.25, 0.3) is 0 Å². The summed E-state index contributed by atoms with van der Waals surface area (Å²) in [5.41, 5.74) is 1.14. The third-order valence-electron chi connectivity index (χ3n) is 2.52. The Morgan fingerprint density at radius 1 is 1.43 bits per heavy atom. The van der Waals surface area contributed by atoms with E-state index in [2.05, 4.69) is 12.2 Å². The van der Waals surface area contributed by atoms with Crippen molar-refractivity contribution in [3.05, 3.63) is 34.9 Å². The topological polar surface area (TPSA) is 21.3 Å². The normalized spacial score (nSPS) is 26.7. The predicted molar refractivity (Wildman–Crippen MR) is 57.4 cm³/mol. The number of ether oxygens (including phenoxy) is 1. The van der Waals surface area contributed by atoms with E-state index >= 15 is 0 Å². The highest BCUT2D eigenvalue weighted by atomic mass is 35.5. The summed E-state index contributed by atoms with van der Waals surface area (Å²) < 4.78 is 5.63. The number of hydrogen-bond donors (Lipinski definition) is 1. The van der Waals surface area contributed by atoms with Crippen LogP contribution >= 0.6 is 11.6 Å². The summed E-state index contributed by atoms with van der Waals surface area (Å²) >= 11 is 5.81. The molecule has 1 aromatic rings. The maximum Gasteiger partial charge on any atom is 0.134 e. The zero-order valence-corrected chi connectivity index (χ0v) is 8.92. The third kappa shape index (κ3) is 2.08. The summed E-state index contributed by atoms with van der Waals surface area (Å²) in [6.45, 7) is 2.95. The fourth-order valence-corrected chi connectivity index (χ4v) is 1.71. The Morgan fingerprint density at radius 2 is 2.14 bits per heavy atom. The number of benzene rings is 1. The standard InChI is InChI=1S/C11H14ClNO/c1-2-10-7-14-11(13-10)8-3-5-9(12)6-4-8/h3-6,10-11,13H,2,7H2,1H3/t10-,11-/m0/s1. The summed E-state index contributed by atoms with van der Waals surface area (Å²) in [5, 5.41) is 4.17. The minimum Gasteiger partial charge on any atom is -0.357 e. The van der Waals surface area contributed by atoms with Crippen LogP contribution in [-0.2, 0) is 4.74 Å². The maximum atomic E-state index is 5.81. The highest BCUT2D eigenvalue weighted by molar-refractivity contribution is 6.30. The molecule has 1 fully saturated rings. The van der Waals surface area contributed by atoms with Gasteiger partial charge >= 0.3 is 0 Å². The molecule has 0 unspecified atom stereocenters. The molecular formula is C11H14ClNO. The second-order valence-electron chi connectivity index (χ2n) is 3.54. The lowest BCUT2D eigenvalue weighted by Crippen LogP contribution is -2.24. The van der Waals surface area contributed by atoms with Gasteiger partial charge in [0.05, 0.1) is 6.61 Å². The molecule has 1 aliphatic heterocycles. The summed E-state index contributed by atoms with van der Waals surface area (Å²) in [6, 6.07) is 8.26. The molecule has 2 rings (SSSR count). The van der Waals surface area contributed by atoms with Crippen molar-refractivity contribution in [2.45, 2.75) is 25.6 Å². The Kier molecular flexibility index (Phi) is 3.06. The van der Waals surface area contributed by atoms with E-state index in [1.165, 1.54) is 0 Å². The molecule has 14 heavy (non-hydrogen) atoms. The van der Waals surface area contributed by atoms with Crippen LogP contribution in [0.3, 0.4) is 0 Å². The van der Waals surface area contributed by atoms with Crippen LogP contribution in [0.15, 0.2) is 24.3 Å². The van der Waals surface area contributed by atoms with Gasteiger partial charge in [-0.1, -0.05) is 30.7 Å². The average molecular weight is 212 g/mol. The second kappa shape index (κ2) is 4.30. The van der Waals surface area contributed by atoms with Gasteiger partial charge in [-0.3, -0.25) is 5.32 Å². The van der Waals surface area contributed by atoms with Crippen LogP contribution in [-0.4, -0.2) is 12.6 Å². The fourth-order valence-electron chi connectivity index (χ4n) is 1.59. The van der Waals surface area contributed by atoms with E-state index in [-0.39, 0.29) is 6.23 Å². The molecule has 1 aliphatic rings. The molecule has 3 heteroatoms. The van der Waals surface area contributed by atoms with Gasteiger partial charge < -0.3 is 4.74 Å². The third-order valence-corrected chi connectivity index (χ3v) is 2.77. The van der Waals surface area contributed by atoms with Crippen molar-refractivity contribution in [2.75, 3.05) is 6.61 Å². The molecule has 0 bridgehead atoms.